The van der Waals surface area contributed by atoms with Crippen molar-refractivity contribution in [1.29, 1.82) is 0 Å². The second kappa shape index (κ2) is 8.84. The van der Waals surface area contributed by atoms with Gasteiger partial charge in [-0.3, -0.25) is 14.2 Å². The molecule has 7 nitrogen and oxygen atoms in total. The summed E-state index contributed by atoms with van der Waals surface area (Å²) in [6.45, 7) is 3.63. The van der Waals surface area contributed by atoms with E-state index >= 15 is 0 Å². The summed E-state index contributed by atoms with van der Waals surface area (Å²) in [7, 11) is 0. The van der Waals surface area contributed by atoms with Gasteiger partial charge < -0.3 is 15.1 Å². The van der Waals surface area contributed by atoms with Crippen molar-refractivity contribution < 1.29 is 14.0 Å². The van der Waals surface area contributed by atoms with Crippen LogP contribution in [-0.2, 0) is 11.3 Å². The maximum atomic E-state index is 12.7. The molecule has 0 radical (unpaired) electrons. The zero-order chi connectivity index (χ0) is 22.8. The molecule has 0 saturated carbocycles. The van der Waals surface area contributed by atoms with E-state index in [2.05, 4.69) is 26.6 Å². The summed E-state index contributed by atoms with van der Waals surface area (Å²) in [6.07, 6.45) is 0. The minimum Gasteiger partial charge on any atom is -0.408 e. The van der Waals surface area contributed by atoms with Crippen molar-refractivity contribution >= 4 is 50.2 Å². The smallest absolute Gasteiger partial charge is 0.408 e. The summed E-state index contributed by atoms with van der Waals surface area (Å²) in [5.74, 6) is -1.38. The number of anilines is 2. The molecule has 0 unspecified atom stereocenters. The highest BCUT2D eigenvalue weighted by Gasteiger charge is 2.16. The third-order valence-corrected chi connectivity index (χ3v) is 5.87. The Morgan fingerprint density at radius 2 is 1.66 bits per heavy atom. The summed E-state index contributed by atoms with van der Waals surface area (Å²) >= 11 is 3.42. The van der Waals surface area contributed by atoms with Crippen molar-refractivity contribution in [2.45, 2.75) is 20.4 Å². The van der Waals surface area contributed by atoms with Crippen LogP contribution in [0.25, 0.3) is 11.1 Å². The minimum absolute atomic E-state index is 0.246. The van der Waals surface area contributed by atoms with Crippen LogP contribution in [0, 0.1) is 13.8 Å². The van der Waals surface area contributed by atoms with E-state index in [0.717, 1.165) is 15.6 Å². The van der Waals surface area contributed by atoms with E-state index in [1.807, 2.05) is 50.2 Å². The van der Waals surface area contributed by atoms with Gasteiger partial charge in [0.2, 0.25) is 5.91 Å². The quantitative estimate of drug-likeness (QED) is 0.414. The number of hydrogen-bond donors (Lipinski definition) is 2. The summed E-state index contributed by atoms with van der Waals surface area (Å²) in [5.41, 5.74) is 4.35. The Morgan fingerprint density at radius 1 is 0.938 bits per heavy atom. The molecule has 1 aromatic heterocycles. The molecule has 0 fully saturated rings. The molecule has 0 atom stereocenters. The van der Waals surface area contributed by atoms with E-state index in [1.165, 1.54) is 4.57 Å². The number of oxazole rings is 1. The molecule has 0 saturated heterocycles. The Balaban J connectivity index is 1.56. The second-order valence-corrected chi connectivity index (χ2v) is 8.32. The Morgan fingerprint density at radius 3 is 2.38 bits per heavy atom. The highest BCUT2D eigenvalue weighted by molar-refractivity contribution is 9.10. The molecular formula is C24H20BrN3O4. The van der Waals surface area contributed by atoms with Crippen LogP contribution in [0.2, 0.25) is 0 Å². The van der Waals surface area contributed by atoms with Gasteiger partial charge in [0.25, 0.3) is 5.91 Å². The molecule has 0 aliphatic heterocycles. The number of halogens is 1. The molecule has 4 aromatic rings. The third kappa shape index (κ3) is 4.65. The van der Waals surface area contributed by atoms with Crippen LogP contribution in [0.15, 0.2) is 74.3 Å². The fourth-order valence-electron chi connectivity index (χ4n) is 3.26. The summed E-state index contributed by atoms with van der Waals surface area (Å²) < 4.78 is 7.38. The van der Waals surface area contributed by atoms with E-state index in [1.54, 1.807) is 24.3 Å². The average molecular weight is 494 g/mol. The molecule has 32 heavy (non-hydrogen) atoms. The maximum Gasteiger partial charge on any atom is 0.420 e. The van der Waals surface area contributed by atoms with Crippen LogP contribution < -0.4 is 16.4 Å². The topological polar surface area (TPSA) is 93.3 Å². The van der Waals surface area contributed by atoms with Gasteiger partial charge in [-0.05, 0) is 67.9 Å². The Labute approximate surface area is 192 Å². The molecule has 0 bridgehead atoms. The Kier molecular flexibility index (Phi) is 5.96. The highest BCUT2D eigenvalue weighted by Crippen LogP contribution is 2.21. The number of benzene rings is 3. The van der Waals surface area contributed by atoms with Gasteiger partial charge >= 0.3 is 5.76 Å². The lowest BCUT2D eigenvalue weighted by molar-refractivity contribution is -0.116. The molecule has 2 amide bonds. The first kappa shape index (κ1) is 21.6. The average Bonchev–Trinajstić information content (AvgIpc) is 3.06. The molecule has 1 heterocycles. The standard InChI is InChI=1S/C24H20BrN3O4/c1-14-3-6-17(7-4-14)27-23(30)16-5-10-21-20(12-16)28(24(31)32-21)13-22(29)26-18-8-9-19(25)15(2)11-18/h3-12H,13H2,1-2H3,(H,26,29)(H,27,30). The number of carbonyl (C=O) groups excluding carboxylic acids is 2. The lowest BCUT2D eigenvalue weighted by Crippen LogP contribution is -2.25. The molecule has 0 aliphatic carbocycles. The molecule has 0 spiro atoms. The van der Waals surface area contributed by atoms with Crippen LogP contribution in [0.5, 0.6) is 0 Å². The fourth-order valence-corrected chi connectivity index (χ4v) is 3.51. The minimum atomic E-state index is -0.668. The summed E-state index contributed by atoms with van der Waals surface area (Å²) in [4.78, 5) is 37.6. The molecule has 162 valence electrons. The first-order valence-corrected chi connectivity index (χ1v) is 10.7. The Hall–Kier alpha value is -3.65. The van der Waals surface area contributed by atoms with Gasteiger partial charge in [0.1, 0.15) is 6.54 Å². The van der Waals surface area contributed by atoms with Crippen molar-refractivity contribution in [2.24, 2.45) is 0 Å². The normalized spacial score (nSPS) is 10.8. The number of nitrogens with one attached hydrogen (secondary N) is 2. The van der Waals surface area contributed by atoms with Crippen molar-refractivity contribution in [2.75, 3.05) is 10.6 Å². The monoisotopic (exact) mass is 493 g/mol. The lowest BCUT2D eigenvalue weighted by Gasteiger charge is -2.08. The lowest BCUT2D eigenvalue weighted by atomic mass is 10.1. The number of carbonyl (C=O) groups is 2. The molecule has 3 aromatic carbocycles. The number of aryl methyl sites for hydroxylation is 2. The second-order valence-electron chi connectivity index (χ2n) is 7.47. The van der Waals surface area contributed by atoms with Gasteiger partial charge in [0.05, 0.1) is 5.52 Å². The van der Waals surface area contributed by atoms with Gasteiger partial charge in [-0.15, -0.1) is 0 Å². The van der Waals surface area contributed by atoms with Crippen molar-refractivity contribution in [3.8, 4) is 0 Å². The maximum absolute atomic E-state index is 12.7. The van der Waals surface area contributed by atoms with Gasteiger partial charge in [-0.1, -0.05) is 33.6 Å². The highest BCUT2D eigenvalue weighted by atomic mass is 79.9. The summed E-state index contributed by atoms with van der Waals surface area (Å²) in [6, 6.07) is 17.5. The van der Waals surface area contributed by atoms with E-state index < -0.39 is 5.76 Å². The van der Waals surface area contributed by atoms with Gasteiger partial charge in [-0.2, -0.15) is 0 Å². The van der Waals surface area contributed by atoms with Crippen molar-refractivity contribution in [3.05, 3.63) is 92.4 Å². The fraction of sp³-hybridized carbons (Fsp3) is 0.125. The number of rotatable bonds is 5. The van der Waals surface area contributed by atoms with E-state index in [9.17, 15) is 14.4 Å². The largest absolute Gasteiger partial charge is 0.420 e. The van der Waals surface area contributed by atoms with Crippen LogP contribution >= 0.6 is 15.9 Å². The predicted octanol–water partition coefficient (Wildman–Crippen LogP) is 4.86. The van der Waals surface area contributed by atoms with Crippen LogP contribution in [0.4, 0.5) is 11.4 Å². The van der Waals surface area contributed by atoms with Crippen LogP contribution in [0.1, 0.15) is 21.5 Å². The zero-order valence-electron chi connectivity index (χ0n) is 17.4. The van der Waals surface area contributed by atoms with Crippen LogP contribution in [-0.4, -0.2) is 16.4 Å². The van der Waals surface area contributed by atoms with Gasteiger partial charge in [0.15, 0.2) is 5.58 Å². The van der Waals surface area contributed by atoms with Crippen LogP contribution in [0.3, 0.4) is 0 Å². The molecular weight excluding hydrogens is 474 g/mol. The SMILES string of the molecule is Cc1ccc(NC(=O)c2ccc3oc(=O)n(CC(=O)Nc4ccc(Br)c(C)c4)c3c2)cc1. The van der Waals surface area contributed by atoms with E-state index in [4.69, 9.17) is 4.42 Å². The number of amides is 2. The number of hydrogen-bond acceptors (Lipinski definition) is 4. The molecule has 8 heteroatoms. The molecule has 4 rings (SSSR count). The zero-order valence-corrected chi connectivity index (χ0v) is 19.0. The number of fused-ring (bicyclic) bond motifs is 1. The third-order valence-electron chi connectivity index (χ3n) is 4.98. The van der Waals surface area contributed by atoms with E-state index in [-0.39, 0.29) is 18.4 Å². The van der Waals surface area contributed by atoms with Gasteiger partial charge in [0, 0.05) is 21.4 Å². The van der Waals surface area contributed by atoms with E-state index in [0.29, 0.717) is 28.0 Å². The molecule has 2 N–H and O–H groups in total. The predicted molar refractivity (Wildman–Crippen MR) is 127 cm³/mol. The number of nitrogens with zero attached hydrogens (tertiary/aromatic N) is 1. The first-order chi connectivity index (χ1) is 15.3. The van der Waals surface area contributed by atoms with Gasteiger partial charge in [-0.25, -0.2) is 4.79 Å². The summed E-state index contributed by atoms with van der Waals surface area (Å²) in [5, 5.41) is 5.59. The first-order valence-electron chi connectivity index (χ1n) is 9.87. The number of aromatic nitrogens is 1. The molecule has 0 aliphatic rings. The van der Waals surface area contributed by atoms with Crippen molar-refractivity contribution in [1.82, 2.24) is 4.57 Å². The van der Waals surface area contributed by atoms with Crippen molar-refractivity contribution in [3.63, 3.8) is 0 Å². The Bertz CT molecular complexity index is 1390.